The Kier molecular flexibility index (Phi) is 3.68. The first-order chi connectivity index (χ1) is 7.63. The number of rotatable bonds is 1. The molecule has 0 unspecified atom stereocenters. The highest BCUT2D eigenvalue weighted by Crippen LogP contribution is 2.46. The summed E-state index contributed by atoms with van der Waals surface area (Å²) in [5.74, 6) is 3.13. The highest BCUT2D eigenvalue weighted by Gasteiger charge is 2.40. The maximum absolute atomic E-state index is 11.8. The van der Waals surface area contributed by atoms with E-state index in [-0.39, 0.29) is 12.5 Å². The molecule has 92 valence electrons. The number of Topliss-reactive ketones (excluding diaryl/α,β-unsaturated/α-hetero) is 1. The molecule has 5 atom stereocenters. The van der Waals surface area contributed by atoms with Crippen LogP contribution in [0.25, 0.3) is 0 Å². The lowest BCUT2D eigenvalue weighted by Crippen LogP contribution is -2.31. The second kappa shape index (κ2) is 4.87. The molecule has 2 saturated carbocycles. The normalized spacial score (nSPS) is 44.9. The van der Waals surface area contributed by atoms with Gasteiger partial charge in [-0.25, -0.2) is 0 Å². The fraction of sp³-hybridized carbons (Fsp3) is 0.929. The highest BCUT2D eigenvalue weighted by molar-refractivity contribution is 5.80. The van der Waals surface area contributed by atoms with Gasteiger partial charge in [-0.3, -0.25) is 4.79 Å². The Hall–Kier alpha value is -0.370. The van der Waals surface area contributed by atoms with Crippen molar-refractivity contribution >= 4 is 5.78 Å². The first-order valence-electron chi connectivity index (χ1n) is 6.77. The molecule has 2 aliphatic rings. The minimum atomic E-state index is 0.243. The van der Waals surface area contributed by atoms with Gasteiger partial charge in [-0.1, -0.05) is 20.3 Å². The molecule has 0 aliphatic heterocycles. The van der Waals surface area contributed by atoms with E-state index in [2.05, 4.69) is 13.8 Å². The van der Waals surface area contributed by atoms with Gasteiger partial charge >= 0.3 is 0 Å². The van der Waals surface area contributed by atoms with Gasteiger partial charge < -0.3 is 5.11 Å². The molecule has 0 bridgehead atoms. The van der Waals surface area contributed by atoms with E-state index in [0.717, 1.165) is 18.8 Å². The second-order valence-electron chi connectivity index (χ2n) is 5.97. The monoisotopic (exact) mass is 224 g/mol. The molecule has 2 heteroatoms. The highest BCUT2D eigenvalue weighted by atomic mass is 16.3. The van der Waals surface area contributed by atoms with Gasteiger partial charge in [0.15, 0.2) is 0 Å². The number of fused-ring (bicyclic) bond motifs is 1. The third-order valence-electron chi connectivity index (χ3n) is 5.01. The molecular formula is C14H24O2. The molecule has 16 heavy (non-hydrogen) atoms. The average Bonchev–Trinajstić information content (AvgIpc) is 2.60. The molecule has 2 aliphatic carbocycles. The lowest BCUT2D eigenvalue weighted by Gasteiger charge is -2.33. The van der Waals surface area contributed by atoms with Crippen LogP contribution >= 0.6 is 0 Å². The van der Waals surface area contributed by atoms with Crippen LogP contribution in [-0.2, 0) is 4.79 Å². The minimum absolute atomic E-state index is 0.243. The van der Waals surface area contributed by atoms with Gasteiger partial charge in [0, 0.05) is 18.9 Å². The zero-order valence-electron chi connectivity index (χ0n) is 10.5. The van der Waals surface area contributed by atoms with Gasteiger partial charge in [-0.05, 0) is 42.9 Å². The molecule has 0 spiro atoms. The number of hydrogen-bond donors (Lipinski definition) is 1. The number of aliphatic hydroxyl groups excluding tert-OH is 1. The van der Waals surface area contributed by atoms with E-state index >= 15 is 0 Å². The molecule has 2 nitrogen and oxygen atoms in total. The first-order valence-corrected chi connectivity index (χ1v) is 6.77. The Morgan fingerprint density at radius 2 is 1.94 bits per heavy atom. The third-order valence-corrected chi connectivity index (χ3v) is 5.01. The molecule has 0 saturated heterocycles. The van der Waals surface area contributed by atoms with E-state index in [1.54, 1.807) is 0 Å². The Labute approximate surface area is 98.4 Å². The van der Waals surface area contributed by atoms with Crippen molar-refractivity contribution in [1.82, 2.24) is 0 Å². The Bertz CT molecular complexity index is 261. The first kappa shape index (κ1) is 12.1. The number of carbonyl (C=O) groups is 1. The zero-order chi connectivity index (χ0) is 11.7. The van der Waals surface area contributed by atoms with Crippen molar-refractivity contribution < 1.29 is 9.90 Å². The van der Waals surface area contributed by atoms with Gasteiger partial charge in [0.25, 0.3) is 0 Å². The van der Waals surface area contributed by atoms with Crippen LogP contribution in [0.5, 0.6) is 0 Å². The van der Waals surface area contributed by atoms with Crippen molar-refractivity contribution in [2.75, 3.05) is 6.61 Å². The molecule has 0 radical (unpaired) electrons. The molecular weight excluding hydrogens is 200 g/mol. The van der Waals surface area contributed by atoms with Crippen molar-refractivity contribution in [1.29, 1.82) is 0 Å². The molecule has 2 rings (SSSR count). The molecule has 2 fully saturated rings. The van der Waals surface area contributed by atoms with E-state index < -0.39 is 0 Å². The molecule has 1 N–H and O–H groups in total. The lowest BCUT2D eigenvalue weighted by atomic mass is 9.72. The number of carbonyl (C=O) groups excluding carboxylic acids is 1. The summed E-state index contributed by atoms with van der Waals surface area (Å²) in [6.45, 7) is 4.68. The van der Waals surface area contributed by atoms with Crippen molar-refractivity contribution in [3.8, 4) is 0 Å². The van der Waals surface area contributed by atoms with E-state index in [1.807, 2.05) is 0 Å². The Morgan fingerprint density at radius 3 is 2.62 bits per heavy atom. The van der Waals surface area contributed by atoms with Gasteiger partial charge in [-0.2, -0.15) is 0 Å². The zero-order valence-corrected chi connectivity index (χ0v) is 10.5. The largest absolute Gasteiger partial charge is 0.396 e. The number of hydrogen-bond acceptors (Lipinski definition) is 2. The SMILES string of the molecule is C[C@@H]1C[C@H]2[C@H](CC[C@@H]2C)[C@@H](CO)CCC1=O. The smallest absolute Gasteiger partial charge is 0.135 e. The van der Waals surface area contributed by atoms with Crippen molar-refractivity contribution in [2.45, 2.75) is 46.0 Å². The number of ketones is 1. The Balaban J connectivity index is 2.15. The van der Waals surface area contributed by atoms with Crippen molar-refractivity contribution in [2.24, 2.45) is 29.6 Å². The molecule has 0 aromatic rings. The predicted molar refractivity (Wildman–Crippen MR) is 64.0 cm³/mol. The maximum Gasteiger partial charge on any atom is 0.135 e. The topological polar surface area (TPSA) is 37.3 Å². The minimum Gasteiger partial charge on any atom is -0.396 e. The van der Waals surface area contributed by atoms with Crippen LogP contribution in [0.3, 0.4) is 0 Å². The summed E-state index contributed by atoms with van der Waals surface area (Å²) in [6.07, 6.45) is 5.20. The fourth-order valence-corrected chi connectivity index (χ4v) is 3.85. The van der Waals surface area contributed by atoms with Crippen molar-refractivity contribution in [3.63, 3.8) is 0 Å². The van der Waals surface area contributed by atoms with Crippen LogP contribution in [0.15, 0.2) is 0 Å². The van der Waals surface area contributed by atoms with Gasteiger partial charge in [-0.15, -0.1) is 0 Å². The van der Waals surface area contributed by atoms with Crippen LogP contribution in [0.1, 0.15) is 46.0 Å². The summed E-state index contributed by atoms with van der Waals surface area (Å²) >= 11 is 0. The molecule has 0 aromatic heterocycles. The molecule has 0 aromatic carbocycles. The Morgan fingerprint density at radius 1 is 1.19 bits per heavy atom. The summed E-state index contributed by atoms with van der Waals surface area (Å²) < 4.78 is 0. The van der Waals surface area contributed by atoms with Crippen molar-refractivity contribution in [3.05, 3.63) is 0 Å². The maximum atomic E-state index is 11.8. The summed E-state index contributed by atoms with van der Waals surface area (Å²) in [6, 6.07) is 0. The van der Waals surface area contributed by atoms with Crippen LogP contribution in [0.4, 0.5) is 0 Å². The lowest BCUT2D eigenvalue weighted by molar-refractivity contribution is -0.124. The average molecular weight is 224 g/mol. The summed E-state index contributed by atoms with van der Waals surface area (Å²) in [4.78, 5) is 11.8. The van der Waals surface area contributed by atoms with Gasteiger partial charge in [0.1, 0.15) is 5.78 Å². The second-order valence-corrected chi connectivity index (χ2v) is 5.97. The standard InChI is InChI=1S/C14H24O2/c1-9-3-5-12-11(8-15)4-6-14(16)10(2)7-13(9)12/h9-13,15H,3-8H2,1-2H3/t9-,10+,11+,12+,13+/m0/s1. The van der Waals surface area contributed by atoms with Crippen LogP contribution < -0.4 is 0 Å². The molecule has 0 heterocycles. The summed E-state index contributed by atoms with van der Waals surface area (Å²) in [5.41, 5.74) is 0. The van der Waals surface area contributed by atoms with Gasteiger partial charge in [0.05, 0.1) is 0 Å². The quantitative estimate of drug-likeness (QED) is 0.743. The molecule has 0 amide bonds. The third kappa shape index (κ3) is 2.17. The van der Waals surface area contributed by atoms with Gasteiger partial charge in [0.2, 0.25) is 0 Å². The van der Waals surface area contributed by atoms with Crippen LogP contribution in [0.2, 0.25) is 0 Å². The van der Waals surface area contributed by atoms with E-state index in [1.165, 1.54) is 12.8 Å². The van der Waals surface area contributed by atoms with Crippen LogP contribution in [-0.4, -0.2) is 17.5 Å². The van der Waals surface area contributed by atoms with E-state index in [9.17, 15) is 9.90 Å². The van der Waals surface area contributed by atoms with E-state index in [4.69, 9.17) is 0 Å². The van der Waals surface area contributed by atoms with Crippen LogP contribution in [0, 0.1) is 29.6 Å². The fourth-order valence-electron chi connectivity index (χ4n) is 3.85. The summed E-state index contributed by atoms with van der Waals surface area (Å²) in [5, 5.41) is 9.48. The number of aliphatic hydroxyl groups is 1. The van der Waals surface area contributed by atoms with E-state index in [0.29, 0.717) is 30.0 Å². The predicted octanol–water partition coefficient (Wildman–Crippen LogP) is 2.65. The summed E-state index contributed by atoms with van der Waals surface area (Å²) in [7, 11) is 0.